The average molecular weight is 412 g/mol. The van der Waals surface area contributed by atoms with E-state index in [1.54, 1.807) is 0 Å². The van der Waals surface area contributed by atoms with Crippen molar-refractivity contribution >= 4 is 32.9 Å². The van der Waals surface area contributed by atoms with Crippen LogP contribution >= 0.6 is 0 Å². The zero-order chi connectivity index (χ0) is 20.7. The van der Waals surface area contributed by atoms with E-state index >= 15 is 0 Å². The quantitative estimate of drug-likeness (QED) is 0.531. The van der Waals surface area contributed by atoms with Gasteiger partial charge in [0.25, 0.3) is 0 Å². The van der Waals surface area contributed by atoms with E-state index in [0.717, 1.165) is 35.0 Å². The molecule has 3 rings (SSSR count). The summed E-state index contributed by atoms with van der Waals surface area (Å²) in [5.41, 5.74) is 3.04. The Hall–Kier alpha value is -2.90. The van der Waals surface area contributed by atoms with E-state index in [0.29, 0.717) is 6.54 Å². The van der Waals surface area contributed by atoms with Crippen molar-refractivity contribution in [2.24, 2.45) is 0 Å². The van der Waals surface area contributed by atoms with Crippen molar-refractivity contribution in [2.45, 2.75) is 19.9 Å². The molecule has 0 aliphatic rings. The number of sulfonamides is 1. The van der Waals surface area contributed by atoms with Crippen molar-refractivity contribution in [3.63, 3.8) is 0 Å². The highest BCUT2D eigenvalue weighted by molar-refractivity contribution is 7.92. The first-order valence-electron chi connectivity index (χ1n) is 9.48. The summed E-state index contributed by atoms with van der Waals surface area (Å²) in [6, 6.07) is 17.7. The number of para-hydroxylation sites is 1. The van der Waals surface area contributed by atoms with Crippen LogP contribution < -0.4 is 10.0 Å². The average Bonchev–Trinajstić information content (AvgIpc) is 3.13. The second-order valence-corrected chi connectivity index (χ2v) is 8.50. The van der Waals surface area contributed by atoms with Crippen molar-refractivity contribution in [1.29, 1.82) is 0 Å². The lowest BCUT2D eigenvalue weighted by molar-refractivity contribution is -0.119. The normalized spacial score (nSPS) is 11.9. The number of aromatic nitrogens is 1. The molecule has 7 heteroatoms. The van der Waals surface area contributed by atoms with Crippen LogP contribution in [0.4, 0.5) is 0 Å². The van der Waals surface area contributed by atoms with Gasteiger partial charge in [0.15, 0.2) is 0 Å². The van der Waals surface area contributed by atoms with Gasteiger partial charge in [-0.1, -0.05) is 48.0 Å². The number of aryl methyl sites for hydroxylation is 2. The lowest BCUT2D eigenvalue weighted by Crippen LogP contribution is -2.36. The van der Waals surface area contributed by atoms with Crippen molar-refractivity contribution in [3.8, 4) is 0 Å². The predicted octanol–water partition coefficient (Wildman–Crippen LogP) is 3.05. The van der Waals surface area contributed by atoms with Crippen LogP contribution in [0.25, 0.3) is 17.0 Å². The Morgan fingerprint density at radius 1 is 1.07 bits per heavy atom. The number of carbonyl (C=O) groups excluding carboxylic acids is 1. The summed E-state index contributed by atoms with van der Waals surface area (Å²) >= 11 is 0. The number of benzene rings is 2. The molecular formula is C22H25N3O3S. The van der Waals surface area contributed by atoms with E-state index in [4.69, 9.17) is 0 Å². The second-order valence-electron chi connectivity index (χ2n) is 6.85. The van der Waals surface area contributed by atoms with Crippen LogP contribution in [0.15, 0.2) is 66.2 Å². The van der Waals surface area contributed by atoms with Crippen LogP contribution in [0.2, 0.25) is 0 Å². The fraction of sp³-hybridized carbons (Fsp3) is 0.227. The van der Waals surface area contributed by atoms with Gasteiger partial charge in [-0.25, -0.2) is 13.1 Å². The number of hydrogen-bond acceptors (Lipinski definition) is 3. The Bertz CT molecular complexity index is 1100. The smallest absolute Gasteiger partial charge is 0.235 e. The molecule has 0 unspecified atom stereocenters. The number of nitrogens with one attached hydrogen (secondary N) is 2. The van der Waals surface area contributed by atoms with Crippen LogP contribution in [-0.4, -0.2) is 32.0 Å². The Morgan fingerprint density at radius 3 is 2.62 bits per heavy atom. The molecule has 0 aliphatic heterocycles. The van der Waals surface area contributed by atoms with Crippen molar-refractivity contribution in [3.05, 3.63) is 77.3 Å². The molecule has 3 aromatic rings. The second kappa shape index (κ2) is 9.54. The first kappa shape index (κ1) is 20.8. The van der Waals surface area contributed by atoms with Gasteiger partial charge in [0.1, 0.15) is 0 Å². The summed E-state index contributed by atoms with van der Waals surface area (Å²) in [6.45, 7) is 2.93. The fourth-order valence-corrected chi connectivity index (χ4v) is 3.70. The third kappa shape index (κ3) is 6.30. The van der Waals surface area contributed by atoms with Gasteiger partial charge < -0.3 is 9.88 Å². The van der Waals surface area contributed by atoms with Gasteiger partial charge in [-0.15, -0.1) is 0 Å². The highest BCUT2D eigenvalue weighted by Gasteiger charge is 2.08. The van der Waals surface area contributed by atoms with E-state index in [9.17, 15) is 13.2 Å². The van der Waals surface area contributed by atoms with Crippen LogP contribution in [0.1, 0.15) is 17.5 Å². The minimum Gasteiger partial charge on any atom is -0.355 e. The number of carbonyl (C=O) groups is 1. The highest BCUT2D eigenvalue weighted by Crippen LogP contribution is 2.15. The van der Waals surface area contributed by atoms with Gasteiger partial charge >= 0.3 is 0 Å². The monoisotopic (exact) mass is 411 g/mol. The molecule has 0 saturated heterocycles. The van der Waals surface area contributed by atoms with Crippen LogP contribution in [0.5, 0.6) is 0 Å². The SMILES string of the molecule is Cc1ccc(C=CS(=O)(=O)NCC(=O)NCCCn2ccc3ccccc32)cc1. The molecule has 2 aromatic carbocycles. The van der Waals surface area contributed by atoms with E-state index in [2.05, 4.69) is 32.8 Å². The molecule has 1 aromatic heterocycles. The maximum Gasteiger partial charge on any atom is 0.235 e. The topological polar surface area (TPSA) is 80.2 Å². The Kier molecular flexibility index (Phi) is 6.85. The Balaban J connectivity index is 1.39. The number of hydrogen-bond donors (Lipinski definition) is 2. The van der Waals surface area contributed by atoms with Gasteiger partial charge in [0.05, 0.1) is 6.54 Å². The molecule has 29 heavy (non-hydrogen) atoms. The Labute approximate surface area is 171 Å². The zero-order valence-electron chi connectivity index (χ0n) is 16.3. The van der Waals surface area contributed by atoms with E-state index < -0.39 is 10.0 Å². The zero-order valence-corrected chi connectivity index (χ0v) is 17.2. The summed E-state index contributed by atoms with van der Waals surface area (Å²) in [7, 11) is -3.67. The first-order valence-corrected chi connectivity index (χ1v) is 11.0. The standard InChI is InChI=1S/C22H25N3O3S/c1-18-7-9-19(10-8-18)12-16-29(27,28)24-17-22(26)23-13-4-14-25-15-11-20-5-2-3-6-21(20)25/h2-3,5-12,15-16,24H,4,13-14,17H2,1H3,(H,23,26). The van der Waals surface area contributed by atoms with E-state index in [-0.39, 0.29) is 12.5 Å². The van der Waals surface area contributed by atoms with Crippen molar-refractivity contribution in [1.82, 2.24) is 14.6 Å². The molecule has 0 bridgehead atoms. The third-order valence-corrected chi connectivity index (χ3v) is 5.57. The van der Waals surface area contributed by atoms with Crippen LogP contribution in [0, 0.1) is 6.92 Å². The molecule has 0 radical (unpaired) electrons. The molecule has 152 valence electrons. The predicted molar refractivity (Wildman–Crippen MR) is 117 cm³/mol. The lowest BCUT2D eigenvalue weighted by Gasteiger charge is -2.08. The molecular weight excluding hydrogens is 386 g/mol. The molecule has 0 aliphatic carbocycles. The van der Waals surface area contributed by atoms with Gasteiger partial charge in [-0.3, -0.25) is 4.79 Å². The maximum absolute atomic E-state index is 12.0. The van der Waals surface area contributed by atoms with Crippen molar-refractivity contribution < 1.29 is 13.2 Å². The number of amides is 1. The van der Waals surface area contributed by atoms with Crippen LogP contribution in [0.3, 0.4) is 0 Å². The van der Waals surface area contributed by atoms with Gasteiger partial charge in [-0.05, 0) is 42.5 Å². The van der Waals surface area contributed by atoms with Crippen LogP contribution in [-0.2, 0) is 21.4 Å². The lowest BCUT2D eigenvalue weighted by atomic mass is 10.2. The summed E-state index contributed by atoms with van der Waals surface area (Å²) in [6.07, 6.45) is 4.28. The molecule has 0 fully saturated rings. The summed E-state index contributed by atoms with van der Waals surface area (Å²) in [5, 5.41) is 5.00. The number of rotatable bonds is 9. The molecule has 1 heterocycles. The van der Waals surface area contributed by atoms with E-state index in [1.165, 1.54) is 11.5 Å². The summed E-state index contributed by atoms with van der Waals surface area (Å²) in [4.78, 5) is 11.9. The molecule has 0 saturated carbocycles. The summed E-state index contributed by atoms with van der Waals surface area (Å²) in [5.74, 6) is -0.352. The van der Waals surface area contributed by atoms with Crippen molar-refractivity contribution in [2.75, 3.05) is 13.1 Å². The third-order valence-electron chi connectivity index (χ3n) is 4.53. The molecule has 0 atom stereocenters. The van der Waals surface area contributed by atoms with E-state index in [1.807, 2.05) is 49.5 Å². The first-order chi connectivity index (χ1) is 13.9. The van der Waals surface area contributed by atoms with Gasteiger partial charge in [0.2, 0.25) is 15.9 Å². The van der Waals surface area contributed by atoms with Gasteiger partial charge in [0, 0.05) is 30.2 Å². The molecule has 2 N–H and O–H groups in total. The highest BCUT2D eigenvalue weighted by atomic mass is 32.2. The Morgan fingerprint density at radius 2 is 1.83 bits per heavy atom. The molecule has 1 amide bonds. The maximum atomic E-state index is 12.0. The summed E-state index contributed by atoms with van der Waals surface area (Å²) < 4.78 is 28.4. The largest absolute Gasteiger partial charge is 0.355 e. The molecule has 0 spiro atoms. The molecule has 6 nitrogen and oxygen atoms in total. The minimum atomic E-state index is -3.67. The van der Waals surface area contributed by atoms with Gasteiger partial charge in [-0.2, -0.15) is 0 Å². The number of fused-ring (bicyclic) bond motifs is 1. The number of nitrogens with zero attached hydrogens (tertiary/aromatic N) is 1. The minimum absolute atomic E-state index is 0.285. The fourth-order valence-electron chi connectivity index (χ4n) is 2.94.